The van der Waals surface area contributed by atoms with Crippen LogP contribution in [0.3, 0.4) is 0 Å². The van der Waals surface area contributed by atoms with Gasteiger partial charge < -0.3 is 15.4 Å². The van der Waals surface area contributed by atoms with Crippen LogP contribution in [-0.4, -0.2) is 43.9 Å². The SMILES string of the molecule is N#CC(=CC1CC1(F)F)C(=O)N1CCC[C@@H](n2c(=O)n(-c3ccc(Oc4ccccc4)cc3)c3c(N)nccc32)C1. The summed E-state index contributed by atoms with van der Waals surface area (Å²) in [5.74, 6) is -3.13. The number of anilines is 1. The third kappa shape index (κ3) is 4.93. The molecule has 0 bridgehead atoms. The van der Waals surface area contributed by atoms with Crippen molar-refractivity contribution in [3.63, 3.8) is 0 Å². The highest BCUT2D eigenvalue weighted by Crippen LogP contribution is 2.50. The Kier molecular flexibility index (Phi) is 6.53. The second-order valence-electron chi connectivity index (χ2n) is 10.3. The fourth-order valence-corrected chi connectivity index (χ4v) is 5.36. The summed E-state index contributed by atoms with van der Waals surface area (Å²) in [4.78, 5) is 32.8. The third-order valence-electron chi connectivity index (χ3n) is 7.53. The maximum atomic E-state index is 14.0. The molecule has 9 nitrogen and oxygen atoms in total. The van der Waals surface area contributed by atoms with E-state index in [2.05, 4.69) is 4.98 Å². The quantitative estimate of drug-likeness (QED) is 0.268. The van der Waals surface area contributed by atoms with Crippen LogP contribution in [0.15, 0.2) is 83.3 Å². The first-order valence-electron chi connectivity index (χ1n) is 13.3. The van der Waals surface area contributed by atoms with E-state index in [1.54, 1.807) is 41.0 Å². The Bertz CT molecular complexity index is 1760. The Morgan fingerprint density at radius 2 is 1.83 bits per heavy atom. The summed E-state index contributed by atoms with van der Waals surface area (Å²) in [6.45, 7) is 0.499. The van der Waals surface area contributed by atoms with Crippen LogP contribution in [0.2, 0.25) is 0 Å². The molecule has 3 heterocycles. The molecule has 208 valence electrons. The lowest BCUT2D eigenvalue weighted by molar-refractivity contribution is -0.128. The summed E-state index contributed by atoms with van der Waals surface area (Å²) in [6.07, 6.45) is 3.40. The zero-order valence-corrected chi connectivity index (χ0v) is 21.9. The first-order valence-corrected chi connectivity index (χ1v) is 13.3. The lowest BCUT2D eigenvalue weighted by Crippen LogP contribution is -2.43. The van der Waals surface area contributed by atoms with Crippen molar-refractivity contribution in [2.24, 2.45) is 5.92 Å². The van der Waals surface area contributed by atoms with Crippen LogP contribution in [-0.2, 0) is 4.79 Å². The molecule has 4 aromatic rings. The van der Waals surface area contributed by atoms with Gasteiger partial charge in [0, 0.05) is 31.6 Å². The number of nitriles is 1. The Hall–Kier alpha value is -4.98. The minimum atomic E-state index is -2.87. The van der Waals surface area contributed by atoms with Crippen LogP contribution in [0.4, 0.5) is 14.6 Å². The van der Waals surface area contributed by atoms with E-state index in [0.717, 1.165) is 6.08 Å². The number of imidazole rings is 1. The minimum absolute atomic E-state index is 0.143. The molecule has 1 saturated carbocycles. The number of nitrogens with two attached hydrogens (primary N) is 1. The number of amides is 1. The number of allylic oxidation sites excluding steroid dienone is 1. The van der Waals surface area contributed by atoms with Crippen molar-refractivity contribution < 1.29 is 18.3 Å². The van der Waals surface area contributed by atoms with Crippen molar-refractivity contribution in [3.8, 4) is 23.3 Å². The van der Waals surface area contributed by atoms with Crippen LogP contribution < -0.4 is 16.2 Å². The van der Waals surface area contributed by atoms with Crippen molar-refractivity contribution in [1.29, 1.82) is 5.26 Å². The summed E-state index contributed by atoms with van der Waals surface area (Å²) in [5.41, 5.74) is 7.16. The van der Waals surface area contributed by atoms with E-state index in [9.17, 15) is 23.6 Å². The number of hydrogen-bond acceptors (Lipinski definition) is 6. The fraction of sp³-hybridized carbons (Fsp3) is 0.267. The van der Waals surface area contributed by atoms with Crippen LogP contribution in [0.1, 0.15) is 25.3 Å². The monoisotopic (exact) mass is 556 g/mol. The molecule has 1 aliphatic heterocycles. The lowest BCUT2D eigenvalue weighted by Gasteiger charge is -2.33. The number of benzene rings is 2. The molecule has 6 rings (SSSR count). The van der Waals surface area contributed by atoms with E-state index >= 15 is 0 Å². The summed E-state index contributed by atoms with van der Waals surface area (Å²) in [6, 6.07) is 19.4. The Morgan fingerprint density at radius 3 is 2.51 bits per heavy atom. The van der Waals surface area contributed by atoms with Gasteiger partial charge in [0.25, 0.3) is 11.8 Å². The summed E-state index contributed by atoms with van der Waals surface area (Å²) < 4.78 is 35.8. The van der Waals surface area contributed by atoms with Crippen molar-refractivity contribution in [3.05, 3.63) is 89.0 Å². The molecular formula is C30H26F2N6O3. The summed E-state index contributed by atoms with van der Waals surface area (Å²) in [7, 11) is 0. The van der Waals surface area contributed by atoms with Gasteiger partial charge in [0.05, 0.1) is 17.2 Å². The topological polar surface area (TPSA) is 119 Å². The number of carbonyl (C=O) groups is 1. The molecule has 1 saturated heterocycles. The minimum Gasteiger partial charge on any atom is -0.457 e. The highest BCUT2D eigenvalue weighted by atomic mass is 19.3. The number of piperidine rings is 1. The van der Waals surface area contributed by atoms with Gasteiger partial charge in [-0.1, -0.05) is 24.3 Å². The third-order valence-corrected chi connectivity index (χ3v) is 7.53. The van der Waals surface area contributed by atoms with Gasteiger partial charge in [-0.05, 0) is 55.3 Å². The van der Waals surface area contributed by atoms with Crippen LogP contribution >= 0.6 is 0 Å². The molecule has 2 aliphatic rings. The molecule has 1 unspecified atom stereocenters. The number of alkyl halides is 2. The standard InChI is InChI=1S/C30H26F2N6O3/c31-30(32)16-20(30)15-19(17-33)28(39)36-14-4-5-22(18-36)37-25-12-13-35-27(34)26(25)38(29(37)40)21-8-10-24(11-9-21)41-23-6-2-1-3-7-23/h1-3,6-13,15,20,22H,4-5,14,16,18H2,(H2,34,35)/t20?,22-/m1/s1. The molecule has 1 aliphatic carbocycles. The van der Waals surface area contributed by atoms with Gasteiger partial charge in [-0.25, -0.2) is 18.6 Å². The maximum Gasteiger partial charge on any atom is 0.334 e. The molecule has 1 amide bonds. The number of carbonyl (C=O) groups excluding carboxylic acids is 1. The number of nitrogen functional groups attached to an aromatic ring is 1. The highest BCUT2D eigenvalue weighted by Gasteiger charge is 2.55. The van der Waals surface area contributed by atoms with E-state index < -0.39 is 23.8 Å². The summed E-state index contributed by atoms with van der Waals surface area (Å²) in [5, 5.41) is 9.51. The molecule has 41 heavy (non-hydrogen) atoms. The molecule has 2 N–H and O–H groups in total. The van der Waals surface area contributed by atoms with E-state index in [4.69, 9.17) is 10.5 Å². The number of halogens is 2. The second-order valence-corrected chi connectivity index (χ2v) is 10.3. The number of nitrogens with zero attached hydrogens (tertiary/aromatic N) is 5. The van der Waals surface area contributed by atoms with Gasteiger partial charge in [-0.2, -0.15) is 5.26 Å². The molecule has 2 fully saturated rings. The fourth-order valence-electron chi connectivity index (χ4n) is 5.36. The first kappa shape index (κ1) is 26.3. The number of rotatable bonds is 6. The number of para-hydroxylation sites is 1. The number of aromatic nitrogens is 3. The average Bonchev–Trinajstić information content (AvgIpc) is 3.46. The van der Waals surface area contributed by atoms with Crippen LogP contribution in [0.25, 0.3) is 16.7 Å². The van der Waals surface area contributed by atoms with Crippen molar-refractivity contribution in [2.45, 2.75) is 31.2 Å². The first-order chi connectivity index (χ1) is 19.8. The number of pyridine rings is 1. The Morgan fingerprint density at radius 1 is 1.12 bits per heavy atom. The Balaban J connectivity index is 1.32. The normalized spacial score (nSPS) is 20.0. The zero-order valence-electron chi connectivity index (χ0n) is 21.9. The number of hydrogen-bond donors (Lipinski definition) is 1. The van der Waals surface area contributed by atoms with Crippen molar-refractivity contribution in [1.82, 2.24) is 19.0 Å². The van der Waals surface area contributed by atoms with Gasteiger partial charge in [0.1, 0.15) is 34.5 Å². The highest BCUT2D eigenvalue weighted by molar-refractivity contribution is 5.97. The zero-order chi connectivity index (χ0) is 28.7. The predicted octanol–water partition coefficient (Wildman–Crippen LogP) is 4.83. The molecule has 2 aromatic carbocycles. The smallest absolute Gasteiger partial charge is 0.334 e. The summed E-state index contributed by atoms with van der Waals surface area (Å²) >= 11 is 0. The number of likely N-dealkylation sites (tertiary alicyclic amines) is 1. The van der Waals surface area contributed by atoms with E-state index in [1.165, 1.54) is 15.7 Å². The van der Waals surface area contributed by atoms with Gasteiger partial charge in [-0.3, -0.25) is 13.9 Å². The van der Waals surface area contributed by atoms with Crippen molar-refractivity contribution in [2.75, 3.05) is 18.8 Å². The van der Waals surface area contributed by atoms with E-state index in [-0.39, 0.29) is 30.0 Å². The van der Waals surface area contributed by atoms with Gasteiger partial charge in [0.2, 0.25) is 0 Å². The van der Waals surface area contributed by atoms with Gasteiger partial charge in [-0.15, -0.1) is 0 Å². The number of fused-ring (bicyclic) bond motifs is 1. The largest absolute Gasteiger partial charge is 0.457 e. The molecule has 2 atom stereocenters. The average molecular weight is 557 g/mol. The maximum absolute atomic E-state index is 14.0. The van der Waals surface area contributed by atoms with Crippen LogP contribution in [0, 0.1) is 17.2 Å². The predicted molar refractivity (Wildman–Crippen MR) is 148 cm³/mol. The van der Waals surface area contributed by atoms with Gasteiger partial charge in [0.15, 0.2) is 0 Å². The van der Waals surface area contributed by atoms with E-state index in [0.29, 0.717) is 47.6 Å². The molecule has 0 spiro atoms. The molecule has 2 aromatic heterocycles. The lowest BCUT2D eigenvalue weighted by atomic mass is 10.0. The molecule has 0 radical (unpaired) electrons. The van der Waals surface area contributed by atoms with Crippen LogP contribution in [0.5, 0.6) is 11.5 Å². The van der Waals surface area contributed by atoms with Crippen molar-refractivity contribution >= 4 is 22.8 Å². The second kappa shape index (κ2) is 10.2. The van der Waals surface area contributed by atoms with E-state index in [1.807, 2.05) is 30.3 Å². The number of ether oxygens (including phenoxy) is 1. The Labute approximate surface area is 233 Å². The van der Waals surface area contributed by atoms with Gasteiger partial charge >= 0.3 is 5.69 Å². The molecular weight excluding hydrogens is 530 g/mol. The molecule has 11 heteroatoms.